The molecule has 0 radical (unpaired) electrons. The van der Waals surface area contributed by atoms with Crippen molar-refractivity contribution in [3.05, 3.63) is 0 Å². The van der Waals surface area contributed by atoms with Crippen LogP contribution in [-0.2, 0) is 80.0 Å². The van der Waals surface area contributed by atoms with Crippen molar-refractivity contribution in [3.63, 3.8) is 0 Å². The lowest BCUT2D eigenvalue weighted by Crippen LogP contribution is -2.10. The molecule has 0 amide bonds. The standard InChI is InChI=1S/C3H9NOS2.C3H9O3PS.C2H7NOS2.C2H6O3S2.2C2H6O2S2.C2H6OS2/c1-4(2)7(5)6-3;1-5-7(4,6-2)8-3;1-3-6(4)5-2;1-5-7(3,4)6-2;1-5-6(2,3)4;1-4-6(3)5-2;1-4-5(2)3/h1-3H3;1-3H3;3H,1-2H3;1-2H3;2*1-2H3;1-2H3. The van der Waals surface area contributed by atoms with Gasteiger partial charge in [-0.3, -0.25) is 8.37 Å². The normalized spacial score (nSPS) is 13.3. The van der Waals surface area contributed by atoms with Gasteiger partial charge in [0.05, 0.1) is 24.1 Å². The minimum Gasteiger partial charge on any atom is -0.304 e. The molecule has 0 aromatic carbocycles. The Morgan fingerprint density at radius 1 is 0.733 bits per heavy atom. The van der Waals surface area contributed by atoms with E-state index in [4.69, 9.17) is 0 Å². The lowest BCUT2D eigenvalue weighted by molar-refractivity contribution is 0.295. The van der Waals surface area contributed by atoms with Crippen LogP contribution in [0, 0.1) is 0 Å². The first-order chi connectivity index (χ1) is 20.4. The zero-order valence-corrected chi connectivity index (χ0v) is 39.5. The zero-order valence-electron chi connectivity index (χ0n) is 28.0. The molecular weight excluding hydrogens is 876 g/mol. The lowest BCUT2D eigenvalue weighted by atomic mass is 11.3. The smallest absolute Gasteiger partial charge is 0.304 e. The van der Waals surface area contributed by atoms with Crippen molar-refractivity contribution in [2.45, 2.75) is 0 Å². The van der Waals surface area contributed by atoms with Gasteiger partial charge in [0, 0.05) is 40.8 Å². The van der Waals surface area contributed by atoms with Crippen molar-refractivity contribution in [2.75, 3.05) is 106 Å². The molecule has 0 aliphatic carbocycles. The van der Waals surface area contributed by atoms with Gasteiger partial charge in [-0.25, -0.2) is 38.8 Å². The van der Waals surface area contributed by atoms with Crippen LogP contribution in [0.25, 0.3) is 0 Å². The molecule has 1 N–H and O–H groups in total. The van der Waals surface area contributed by atoms with Crippen LogP contribution < -0.4 is 4.72 Å². The molecule has 0 heterocycles. The van der Waals surface area contributed by atoms with E-state index in [0.29, 0.717) is 10.8 Å². The van der Waals surface area contributed by atoms with Crippen LogP contribution in [0.5, 0.6) is 0 Å². The summed E-state index contributed by atoms with van der Waals surface area (Å²) in [4.78, 5) is 0. The quantitative estimate of drug-likeness (QED) is 0.203. The molecule has 29 heteroatoms. The van der Waals surface area contributed by atoms with Gasteiger partial charge >= 0.3 is 15.9 Å². The molecule has 0 saturated heterocycles. The summed E-state index contributed by atoms with van der Waals surface area (Å²) < 4.78 is 113. The maximum atomic E-state index is 10.8. The third-order valence-electron chi connectivity index (χ3n) is 2.65. The van der Waals surface area contributed by atoms with Gasteiger partial charge in [-0.2, -0.15) is 8.42 Å². The fourth-order valence-electron chi connectivity index (χ4n) is 0.592. The first kappa shape index (κ1) is 63.0. The van der Waals surface area contributed by atoms with Gasteiger partial charge in [0.2, 0.25) is 10.1 Å². The monoisotopic (exact) mass is 924 g/mol. The van der Waals surface area contributed by atoms with Crippen LogP contribution in [0.2, 0.25) is 0 Å². The number of rotatable bonds is 13. The Labute approximate surface area is 308 Å². The van der Waals surface area contributed by atoms with Gasteiger partial charge in [-0.15, -0.1) is 0 Å². The molecule has 0 bridgehead atoms. The van der Waals surface area contributed by atoms with Crippen molar-refractivity contribution in [1.82, 2.24) is 9.03 Å². The zero-order chi connectivity index (χ0) is 37.9. The third-order valence-corrected chi connectivity index (χ3v) is 19.4. The molecule has 4 unspecified atom stereocenters. The number of hydrogen-bond donors (Lipinski definition) is 1. The van der Waals surface area contributed by atoms with E-state index in [0.717, 1.165) is 29.3 Å². The largest absolute Gasteiger partial charge is 0.388 e. The molecular formula is C16H49N2O13PS13. The van der Waals surface area contributed by atoms with E-state index < -0.39 is 64.8 Å². The second kappa shape index (κ2) is 43.1. The summed E-state index contributed by atoms with van der Waals surface area (Å²) in [5.74, 6) is 0. The van der Waals surface area contributed by atoms with Gasteiger partial charge in [0.1, 0.15) is 0 Å². The molecule has 0 rings (SSSR count). The Kier molecular flexibility index (Phi) is 60.4. The first-order valence-electron chi connectivity index (χ1n) is 10.5. The third kappa shape index (κ3) is 69.5. The summed E-state index contributed by atoms with van der Waals surface area (Å²) in [5.41, 5.74) is 0. The van der Waals surface area contributed by atoms with E-state index in [1.165, 1.54) is 83.3 Å². The highest BCUT2D eigenvalue weighted by Crippen LogP contribution is 2.57. The van der Waals surface area contributed by atoms with Crippen LogP contribution in [0.4, 0.5) is 0 Å². The molecule has 4 atom stereocenters. The highest BCUT2D eigenvalue weighted by Gasteiger charge is 2.17. The van der Waals surface area contributed by atoms with Crippen LogP contribution >= 0.6 is 82.9 Å². The Hall–Kier alpha value is 2.94. The Morgan fingerprint density at radius 2 is 1.11 bits per heavy atom. The highest BCUT2D eigenvalue weighted by atomic mass is 33.2. The van der Waals surface area contributed by atoms with Crippen LogP contribution in [0.15, 0.2) is 0 Å². The summed E-state index contributed by atoms with van der Waals surface area (Å²) in [6.45, 7) is -2.75. The van der Waals surface area contributed by atoms with Crippen molar-refractivity contribution in [1.29, 1.82) is 0 Å². The molecule has 0 spiro atoms. The van der Waals surface area contributed by atoms with Crippen LogP contribution in [0.3, 0.4) is 0 Å². The average molecular weight is 925 g/mol. The molecule has 0 saturated carbocycles. The summed E-state index contributed by atoms with van der Waals surface area (Å²) in [6.07, 6.45) is 14.6. The maximum absolute atomic E-state index is 10.8. The summed E-state index contributed by atoms with van der Waals surface area (Å²) in [5, 5.41) is 0. The number of hydrogen-bond acceptors (Lipinski definition) is 20. The topological polar surface area (TPSA) is 206 Å². The van der Waals surface area contributed by atoms with E-state index in [-0.39, 0.29) is 0 Å². The van der Waals surface area contributed by atoms with Crippen molar-refractivity contribution >= 4 is 141 Å². The SMILES string of the molecule is CNS(=O)SC.COP(=O)(OC)SC.COS(=O)(=O)SC.COS(=O)SC.CSS(=O)N(C)C.CSS(C)(=O)=O.CSS(C)=O. The Morgan fingerprint density at radius 3 is 1.11 bits per heavy atom. The van der Waals surface area contributed by atoms with E-state index in [1.807, 2.05) is 12.5 Å². The van der Waals surface area contributed by atoms with Gasteiger partial charge < -0.3 is 9.05 Å². The fraction of sp³-hybridized carbons (Fsp3) is 1.00. The van der Waals surface area contributed by atoms with Crippen LogP contribution in [0.1, 0.15) is 0 Å². The Bertz CT molecular complexity index is 948. The molecule has 0 aromatic heterocycles. The average Bonchev–Trinajstić information content (AvgIpc) is 3.04. The predicted octanol–water partition coefficient (Wildman–Crippen LogP) is 4.15. The number of nitrogens with zero attached hydrogens (tertiary/aromatic N) is 1. The summed E-state index contributed by atoms with van der Waals surface area (Å²) in [7, 11) is 7.71. The van der Waals surface area contributed by atoms with Gasteiger partial charge in [-0.1, -0.05) is 10.8 Å². The molecule has 0 fully saturated rings. The van der Waals surface area contributed by atoms with Gasteiger partial charge in [0.25, 0.3) is 0 Å². The highest BCUT2D eigenvalue weighted by molar-refractivity contribution is 8.71. The maximum Gasteiger partial charge on any atom is 0.388 e. The molecule has 0 aromatic rings. The van der Waals surface area contributed by atoms with Crippen molar-refractivity contribution in [2.24, 2.45) is 0 Å². The summed E-state index contributed by atoms with van der Waals surface area (Å²) >= 11 is 1.08. The molecule has 0 aliphatic rings. The molecule has 284 valence electrons. The second-order valence-corrected chi connectivity index (χ2v) is 31.1. The summed E-state index contributed by atoms with van der Waals surface area (Å²) in [6, 6.07) is 0. The van der Waals surface area contributed by atoms with Crippen LogP contribution in [-0.4, -0.2) is 144 Å². The molecule has 0 aliphatic heterocycles. The minimum absolute atomic E-state index is 0.656. The molecule has 15 nitrogen and oxygen atoms in total. The molecule has 45 heavy (non-hydrogen) atoms. The minimum atomic E-state index is -3.24. The van der Waals surface area contributed by atoms with E-state index in [2.05, 4.69) is 22.1 Å². The van der Waals surface area contributed by atoms with Gasteiger partial charge in [-0.05, 0) is 116 Å². The van der Waals surface area contributed by atoms with E-state index >= 15 is 0 Å². The predicted molar refractivity (Wildman–Crippen MR) is 215 cm³/mol. The van der Waals surface area contributed by atoms with E-state index in [9.17, 15) is 38.2 Å². The van der Waals surface area contributed by atoms with Crippen molar-refractivity contribution < 1.29 is 55.6 Å². The van der Waals surface area contributed by atoms with Gasteiger partial charge in [0.15, 0.2) is 28.9 Å². The van der Waals surface area contributed by atoms with Crippen molar-refractivity contribution in [3.8, 4) is 0 Å². The fourth-order valence-corrected chi connectivity index (χ4v) is 4.88. The first-order valence-corrected chi connectivity index (χ1v) is 32.5. The lowest BCUT2D eigenvalue weighted by Gasteiger charge is -2.07. The Balaban J connectivity index is -0.0000000752. The number of nitrogens with one attached hydrogen (secondary N) is 1. The van der Waals surface area contributed by atoms with E-state index in [1.54, 1.807) is 50.5 Å². The second-order valence-electron chi connectivity index (χ2n) is 5.51.